The summed E-state index contributed by atoms with van der Waals surface area (Å²) in [5.41, 5.74) is 2.96. The van der Waals surface area contributed by atoms with Crippen molar-refractivity contribution in [1.82, 2.24) is 10.2 Å². The van der Waals surface area contributed by atoms with E-state index in [1.165, 1.54) is 18.5 Å². The largest absolute Gasteiger partial charge is 0.384 e. The average molecular weight is 178 g/mol. The summed E-state index contributed by atoms with van der Waals surface area (Å²) in [5, 5.41) is 3.48. The van der Waals surface area contributed by atoms with Crippen LogP contribution in [0.25, 0.3) is 0 Å². The van der Waals surface area contributed by atoms with Gasteiger partial charge in [-0.05, 0) is 32.5 Å². The third-order valence-electron chi connectivity index (χ3n) is 2.75. The fraction of sp³-hybridized carbons (Fsp3) is 0.636. The Bertz CT molecular complexity index is 251. The van der Waals surface area contributed by atoms with Crippen LogP contribution in [0.15, 0.2) is 23.4 Å². The Balaban J connectivity index is 2.08. The van der Waals surface area contributed by atoms with Crippen LogP contribution < -0.4 is 5.32 Å². The number of nitrogens with zero attached hydrogens (tertiary/aromatic N) is 1. The van der Waals surface area contributed by atoms with E-state index in [0.717, 1.165) is 13.1 Å². The van der Waals surface area contributed by atoms with Crippen LogP contribution in [0.3, 0.4) is 0 Å². The number of hydrogen-bond acceptors (Lipinski definition) is 2. The average Bonchev–Trinajstić information content (AvgIpc) is 2.48. The maximum atomic E-state index is 3.48. The summed E-state index contributed by atoms with van der Waals surface area (Å²) in [5.74, 6) is 0.710. The van der Waals surface area contributed by atoms with E-state index in [2.05, 4.69) is 36.5 Å². The monoisotopic (exact) mass is 178 g/mol. The molecule has 1 saturated heterocycles. The van der Waals surface area contributed by atoms with Crippen molar-refractivity contribution in [2.75, 3.05) is 27.2 Å². The van der Waals surface area contributed by atoms with Crippen LogP contribution in [-0.2, 0) is 0 Å². The Morgan fingerprint density at radius 2 is 2.15 bits per heavy atom. The highest BCUT2D eigenvalue weighted by Crippen LogP contribution is 2.29. The molecule has 72 valence electrons. The number of allylic oxidation sites excluding steroid dienone is 3. The number of hydrogen-bond donors (Lipinski definition) is 1. The van der Waals surface area contributed by atoms with Crippen LogP contribution in [-0.4, -0.2) is 32.1 Å². The molecule has 1 atom stereocenters. The molecular formula is C11H18N2. The Morgan fingerprint density at radius 3 is 2.92 bits per heavy atom. The van der Waals surface area contributed by atoms with E-state index in [1.54, 1.807) is 5.57 Å². The van der Waals surface area contributed by atoms with Gasteiger partial charge in [-0.1, -0.05) is 12.2 Å². The lowest BCUT2D eigenvalue weighted by Gasteiger charge is -2.17. The van der Waals surface area contributed by atoms with Gasteiger partial charge in [-0.25, -0.2) is 0 Å². The van der Waals surface area contributed by atoms with Crippen LogP contribution in [0.4, 0.5) is 0 Å². The quantitative estimate of drug-likeness (QED) is 0.687. The zero-order chi connectivity index (χ0) is 9.26. The maximum absolute atomic E-state index is 3.48. The molecule has 1 heterocycles. The molecule has 0 aromatic carbocycles. The van der Waals surface area contributed by atoms with Crippen molar-refractivity contribution in [3.8, 4) is 0 Å². The number of nitrogens with one attached hydrogen (secondary N) is 1. The molecule has 13 heavy (non-hydrogen) atoms. The molecule has 0 amide bonds. The predicted octanol–water partition coefficient (Wildman–Crippen LogP) is 1.37. The van der Waals surface area contributed by atoms with Crippen LogP contribution >= 0.6 is 0 Å². The molecule has 1 aliphatic heterocycles. The van der Waals surface area contributed by atoms with Crippen LogP contribution in [0.1, 0.15) is 12.8 Å². The second-order valence-electron chi connectivity index (χ2n) is 4.19. The third kappa shape index (κ3) is 1.78. The first-order chi connectivity index (χ1) is 6.27. The van der Waals surface area contributed by atoms with E-state index in [1.807, 2.05) is 0 Å². The van der Waals surface area contributed by atoms with E-state index >= 15 is 0 Å². The molecule has 1 N–H and O–H groups in total. The van der Waals surface area contributed by atoms with E-state index < -0.39 is 0 Å². The summed E-state index contributed by atoms with van der Waals surface area (Å²) in [6.07, 6.45) is 7.18. The first kappa shape index (κ1) is 8.82. The summed E-state index contributed by atoms with van der Waals surface area (Å²) in [6.45, 7) is 2.28. The lowest BCUT2D eigenvalue weighted by atomic mass is 9.95. The fourth-order valence-electron chi connectivity index (χ4n) is 2.20. The molecule has 0 radical (unpaired) electrons. The highest BCUT2D eigenvalue weighted by Gasteiger charge is 2.25. The first-order valence-corrected chi connectivity index (χ1v) is 5.06. The molecule has 0 saturated carbocycles. The van der Waals surface area contributed by atoms with E-state index in [-0.39, 0.29) is 0 Å². The molecule has 0 bridgehead atoms. The molecular weight excluding hydrogens is 160 g/mol. The minimum Gasteiger partial charge on any atom is -0.384 e. The summed E-state index contributed by atoms with van der Waals surface area (Å²) < 4.78 is 0. The lowest BCUT2D eigenvalue weighted by molar-refractivity contribution is 0.361. The van der Waals surface area contributed by atoms with Crippen LogP contribution in [0.2, 0.25) is 0 Å². The molecule has 2 heteroatoms. The van der Waals surface area contributed by atoms with E-state index in [4.69, 9.17) is 0 Å². The van der Waals surface area contributed by atoms with E-state index in [9.17, 15) is 0 Å². The highest BCUT2D eigenvalue weighted by atomic mass is 15.1. The van der Waals surface area contributed by atoms with Crippen LogP contribution in [0, 0.1) is 5.92 Å². The van der Waals surface area contributed by atoms with Crippen molar-refractivity contribution in [3.63, 3.8) is 0 Å². The molecule has 1 unspecified atom stereocenters. The van der Waals surface area contributed by atoms with Crippen molar-refractivity contribution >= 4 is 0 Å². The van der Waals surface area contributed by atoms with Crippen molar-refractivity contribution in [1.29, 1.82) is 0 Å². The van der Waals surface area contributed by atoms with Gasteiger partial charge < -0.3 is 10.2 Å². The van der Waals surface area contributed by atoms with E-state index in [0.29, 0.717) is 5.92 Å². The van der Waals surface area contributed by atoms with Crippen molar-refractivity contribution in [2.24, 2.45) is 5.92 Å². The van der Waals surface area contributed by atoms with Crippen LogP contribution in [0.5, 0.6) is 0 Å². The zero-order valence-corrected chi connectivity index (χ0v) is 8.51. The Hall–Kier alpha value is -0.760. The van der Waals surface area contributed by atoms with Gasteiger partial charge in [0.2, 0.25) is 0 Å². The fourth-order valence-corrected chi connectivity index (χ4v) is 2.20. The predicted molar refractivity (Wildman–Crippen MR) is 55.4 cm³/mol. The molecule has 1 aliphatic carbocycles. The molecule has 0 aromatic rings. The van der Waals surface area contributed by atoms with Crippen molar-refractivity contribution < 1.29 is 0 Å². The minimum absolute atomic E-state index is 0.710. The molecule has 0 aromatic heterocycles. The Morgan fingerprint density at radius 1 is 1.38 bits per heavy atom. The molecule has 2 rings (SSSR count). The van der Waals surface area contributed by atoms with Gasteiger partial charge in [-0.3, -0.25) is 0 Å². The van der Waals surface area contributed by atoms with Gasteiger partial charge in [0.05, 0.1) is 0 Å². The normalized spacial score (nSPS) is 26.5. The SMILES string of the molecule is CN(C)CC1CNC2=CCCC=C21. The van der Waals surface area contributed by atoms with Gasteiger partial charge in [0, 0.05) is 24.7 Å². The van der Waals surface area contributed by atoms with Crippen molar-refractivity contribution in [3.05, 3.63) is 23.4 Å². The Kier molecular flexibility index (Phi) is 2.40. The second kappa shape index (κ2) is 3.54. The Labute approximate surface area is 80.3 Å². The van der Waals surface area contributed by atoms with Crippen molar-refractivity contribution in [2.45, 2.75) is 12.8 Å². The first-order valence-electron chi connectivity index (χ1n) is 5.06. The molecule has 2 nitrogen and oxygen atoms in total. The van der Waals surface area contributed by atoms with Gasteiger partial charge in [-0.2, -0.15) is 0 Å². The summed E-state index contributed by atoms with van der Waals surface area (Å²) >= 11 is 0. The highest BCUT2D eigenvalue weighted by molar-refractivity contribution is 5.38. The third-order valence-corrected chi connectivity index (χ3v) is 2.75. The summed E-state index contributed by atoms with van der Waals surface area (Å²) in [4.78, 5) is 2.27. The van der Waals surface area contributed by atoms with Gasteiger partial charge in [0.1, 0.15) is 0 Å². The molecule has 1 fully saturated rings. The molecule has 0 spiro atoms. The minimum atomic E-state index is 0.710. The second-order valence-corrected chi connectivity index (χ2v) is 4.19. The number of fused-ring (bicyclic) bond motifs is 1. The topological polar surface area (TPSA) is 15.3 Å². The summed E-state index contributed by atoms with van der Waals surface area (Å²) in [6, 6.07) is 0. The van der Waals surface area contributed by atoms with Gasteiger partial charge in [0.25, 0.3) is 0 Å². The number of rotatable bonds is 2. The maximum Gasteiger partial charge on any atom is 0.0333 e. The van der Waals surface area contributed by atoms with Gasteiger partial charge in [-0.15, -0.1) is 0 Å². The standard InChI is InChI=1S/C11H18N2/c1-13(2)8-9-7-12-11-6-4-3-5-10(9)11/h5-6,9,12H,3-4,7-8H2,1-2H3. The lowest BCUT2D eigenvalue weighted by Crippen LogP contribution is -2.24. The van der Waals surface area contributed by atoms with Gasteiger partial charge in [0.15, 0.2) is 0 Å². The zero-order valence-electron chi connectivity index (χ0n) is 8.51. The molecule has 2 aliphatic rings. The smallest absolute Gasteiger partial charge is 0.0333 e. The van der Waals surface area contributed by atoms with Gasteiger partial charge >= 0.3 is 0 Å². The summed E-state index contributed by atoms with van der Waals surface area (Å²) in [7, 11) is 4.29.